The summed E-state index contributed by atoms with van der Waals surface area (Å²) in [6.45, 7) is 3.83. The fraction of sp³-hybridized carbons (Fsp3) is 0.167. The second-order valence-electron chi connectivity index (χ2n) is 5.04. The van der Waals surface area contributed by atoms with Crippen molar-refractivity contribution in [3.05, 3.63) is 71.2 Å². The number of carbonyl (C=O) groups is 1. The van der Waals surface area contributed by atoms with Crippen LogP contribution in [-0.4, -0.2) is 5.97 Å². The molecule has 3 rings (SSSR count). The van der Waals surface area contributed by atoms with E-state index in [1.807, 2.05) is 49.4 Å². The van der Waals surface area contributed by atoms with E-state index in [2.05, 4.69) is 0 Å². The summed E-state index contributed by atoms with van der Waals surface area (Å²) in [6, 6.07) is 15.8. The van der Waals surface area contributed by atoms with Crippen LogP contribution >= 0.6 is 0 Å². The van der Waals surface area contributed by atoms with E-state index in [1.165, 1.54) is 0 Å². The third kappa shape index (κ3) is 2.68. The van der Waals surface area contributed by atoms with Crippen molar-refractivity contribution in [2.75, 3.05) is 0 Å². The van der Waals surface area contributed by atoms with Gasteiger partial charge in [0.15, 0.2) is 0 Å². The normalized spacial score (nSPS) is 10.8. The monoisotopic (exact) mass is 280 g/mol. The van der Waals surface area contributed by atoms with Crippen LogP contribution in [0.25, 0.3) is 10.8 Å². The zero-order valence-corrected chi connectivity index (χ0v) is 12.1. The molecule has 0 aliphatic carbocycles. The van der Waals surface area contributed by atoms with E-state index in [9.17, 15) is 4.79 Å². The van der Waals surface area contributed by atoms with Crippen LogP contribution in [0.4, 0.5) is 0 Å². The van der Waals surface area contributed by atoms with Gasteiger partial charge in [0.25, 0.3) is 0 Å². The number of fused-ring (bicyclic) bond motifs is 1. The van der Waals surface area contributed by atoms with Gasteiger partial charge in [-0.2, -0.15) is 0 Å². The first kappa shape index (κ1) is 13.4. The Morgan fingerprint density at radius 3 is 2.62 bits per heavy atom. The minimum atomic E-state index is -0.350. The summed E-state index contributed by atoms with van der Waals surface area (Å²) in [4.78, 5) is 12.1. The van der Waals surface area contributed by atoms with Gasteiger partial charge in [0.05, 0.1) is 0 Å². The van der Waals surface area contributed by atoms with E-state index >= 15 is 0 Å². The summed E-state index contributed by atoms with van der Waals surface area (Å²) in [5.74, 6) is 0.956. The van der Waals surface area contributed by atoms with E-state index < -0.39 is 0 Å². The van der Waals surface area contributed by atoms with E-state index in [4.69, 9.17) is 9.15 Å². The fourth-order valence-corrected chi connectivity index (χ4v) is 2.47. The first-order valence-corrected chi connectivity index (χ1v) is 6.86. The Morgan fingerprint density at radius 1 is 1.10 bits per heavy atom. The molecule has 0 saturated heterocycles. The van der Waals surface area contributed by atoms with Crippen molar-refractivity contribution >= 4 is 16.7 Å². The molecule has 0 aliphatic rings. The number of aryl methyl sites for hydroxylation is 2. The minimum absolute atomic E-state index is 0.254. The van der Waals surface area contributed by atoms with Crippen LogP contribution in [-0.2, 0) is 11.3 Å². The fourth-order valence-electron chi connectivity index (χ4n) is 2.47. The molecular weight excluding hydrogens is 264 g/mol. The molecule has 3 nitrogen and oxygen atoms in total. The van der Waals surface area contributed by atoms with Gasteiger partial charge >= 0.3 is 5.97 Å². The molecule has 106 valence electrons. The number of esters is 1. The van der Waals surface area contributed by atoms with Gasteiger partial charge in [0, 0.05) is 0 Å². The largest absolute Gasteiger partial charge is 0.466 e. The van der Waals surface area contributed by atoms with Crippen LogP contribution < -0.4 is 0 Å². The zero-order chi connectivity index (χ0) is 14.8. The maximum Gasteiger partial charge on any atom is 0.342 e. The number of ether oxygens (including phenoxy) is 1. The third-order valence-corrected chi connectivity index (χ3v) is 3.50. The van der Waals surface area contributed by atoms with Crippen LogP contribution in [0.15, 0.2) is 52.9 Å². The van der Waals surface area contributed by atoms with Gasteiger partial charge in [-0.05, 0) is 36.2 Å². The van der Waals surface area contributed by atoms with Gasteiger partial charge in [0.1, 0.15) is 23.7 Å². The standard InChI is InChI=1S/C18H16O3/c1-12-10-17(13(2)21-12)18(19)20-11-15-8-5-7-14-6-3-4-9-16(14)15/h3-10H,11H2,1-2H3. The Kier molecular flexibility index (Phi) is 3.48. The molecule has 0 spiro atoms. The topological polar surface area (TPSA) is 39.4 Å². The molecule has 0 radical (unpaired) electrons. The smallest absolute Gasteiger partial charge is 0.342 e. The molecule has 0 amide bonds. The first-order chi connectivity index (χ1) is 10.1. The number of furan rings is 1. The zero-order valence-electron chi connectivity index (χ0n) is 12.1. The Morgan fingerprint density at radius 2 is 1.86 bits per heavy atom. The quantitative estimate of drug-likeness (QED) is 0.667. The van der Waals surface area contributed by atoms with Crippen molar-refractivity contribution in [2.45, 2.75) is 20.5 Å². The maximum atomic E-state index is 12.1. The van der Waals surface area contributed by atoms with E-state index in [1.54, 1.807) is 13.0 Å². The second-order valence-corrected chi connectivity index (χ2v) is 5.04. The minimum Gasteiger partial charge on any atom is -0.466 e. The molecule has 0 bridgehead atoms. The predicted molar refractivity (Wildman–Crippen MR) is 81.2 cm³/mol. The van der Waals surface area contributed by atoms with E-state index in [0.29, 0.717) is 17.1 Å². The highest BCUT2D eigenvalue weighted by molar-refractivity contribution is 5.91. The molecular formula is C18H16O3. The van der Waals surface area contributed by atoms with Crippen molar-refractivity contribution in [3.8, 4) is 0 Å². The molecule has 0 N–H and O–H groups in total. The molecule has 1 aromatic heterocycles. The van der Waals surface area contributed by atoms with E-state index in [0.717, 1.165) is 16.3 Å². The molecule has 21 heavy (non-hydrogen) atoms. The summed E-state index contributed by atoms with van der Waals surface area (Å²) in [5, 5.41) is 2.24. The summed E-state index contributed by atoms with van der Waals surface area (Å²) in [6.07, 6.45) is 0. The molecule has 2 aromatic carbocycles. The van der Waals surface area contributed by atoms with Crippen LogP contribution in [0.5, 0.6) is 0 Å². The molecule has 0 aliphatic heterocycles. The van der Waals surface area contributed by atoms with Gasteiger partial charge < -0.3 is 9.15 Å². The molecule has 0 atom stereocenters. The number of carbonyl (C=O) groups excluding carboxylic acids is 1. The summed E-state index contributed by atoms with van der Waals surface area (Å²) in [7, 11) is 0. The van der Waals surface area contributed by atoms with Crippen molar-refractivity contribution in [3.63, 3.8) is 0 Å². The molecule has 0 saturated carbocycles. The molecule has 0 unspecified atom stereocenters. The molecule has 3 heteroatoms. The lowest BCUT2D eigenvalue weighted by Crippen LogP contribution is -2.05. The highest BCUT2D eigenvalue weighted by atomic mass is 16.5. The lowest BCUT2D eigenvalue weighted by Gasteiger charge is -2.07. The van der Waals surface area contributed by atoms with Crippen LogP contribution in [0.2, 0.25) is 0 Å². The Balaban J connectivity index is 1.81. The first-order valence-electron chi connectivity index (χ1n) is 6.86. The Hall–Kier alpha value is -2.55. The predicted octanol–water partition coefficient (Wildman–Crippen LogP) is 4.41. The number of hydrogen-bond acceptors (Lipinski definition) is 3. The summed E-state index contributed by atoms with van der Waals surface area (Å²) >= 11 is 0. The highest BCUT2D eigenvalue weighted by Crippen LogP contribution is 2.20. The maximum absolute atomic E-state index is 12.1. The van der Waals surface area contributed by atoms with Gasteiger partial charge in [-0.15, -0.1) is 0 Å². The second kappa shape index (κ2) is 5.44. The molecule has 1 heterocycles. The summed E-state index contributed by atoms with van der Waals surface area (Å²) < 4.78 is 10.8. The summed E-state index contributed by atoms with van der Waals surface area (Å²) in [5.41, 5.74) is 1.49. The van der Waals surface area contributed by atoms with E-state index in [-0.39, 0.29) is 12.6 Å². The SMILES string of the molecule is Cc1cc(C(=O)OCc2cccc3ccccc23)c(C)o1. The Labute approximate surface area is 123 Å². The lowest BCUT2D eigenvalue weighted by molar-refractivity contribution is 0.0472. The van der Waals surface area contributed by atoms with Crippen LogP contribution in [0, 0.1) is 13.8 Å². The van der Waals surface area contributed by atoms with Crippen molar-refractivity contribution in [2.24, 2.45) is 0 Å². The third-order valence-electron chi connectivity index (χ3n) is 3.50. The van der Waals surface area contributed by atoms with Crippen LogP contribution in [0.1, 0.15) is 27.4 Å². The van der Waals surface area contributed by atoms with Crippen molar-refractivity contribution in [1.29, 1.82) is 0 Å². The van der Waals surface area contributed by atoms with Gasteiger partial charge in [-0.3, -0.25) is 0 Å². The Bertz CT molecular complexity index is 794. The van der Waals surface area contributed by atoms with Gasteiger partial charge in [-0.25, -0.2) is 4.79 Å². The number of hydrogen-bond donors (Lipinski definition) is 0. The van der Waals surface area contributed by atoms with Crippen molar-refractivity contribution in [1.82, 2.24) is 0 Å². The average molecular weight is 280 g/mol. The van der Waals surface area contributed by atoms with Crippen LogP contribution in [0.3, 0.4) is 0 Å². The molecule has 3 aromatic rings. The van der Waals surface area contributed by atoms with Gasteiger partial charge in [0.2, 0.25) is 0 Å². The van der Waals surface area contributed by atoms with Crippen molar-refractivity contribution < 1.29 is 13.9 Å². The highest BCUT2D eigenvalue weighted by Gasteiger charge is 2.15. The number of rotatable bonds is 3. The average Bonchev–Trinajstić information content (AvgIpc) is 2.83. The molecule has 0 fully saturated rings. The van der Waals surface area contributed by atoms with Gasteiger partial charge in [-0.1, -0.05) is 42.5 Å². The lowest BCUT2D eigenvalue weighted by atomic mass is 10.1. The number of benzene rings is 2.